The summed E-state index contributed by atoms with van der Waals surface area (Å²) in [7, 11) is 3.00. The molecule has 0 aliphatic carbocycles. The third-order valence-corrected chi connectivity index (χ3v) is 4.53. The van der Waals surface area contributed by atoms with E-state index < -0.39 is 11.9 Å². The van der Waals surface area contributed by atoms with Gasteiger partial charge in [-0.05, 0) is 53.6 Å². The number of benzene rings is 3. The highest BCUT2D eigenvalue weighted by Crippen LogP contribution is 2.28. The number of ether oxygens (including phenoxy) is 4. The Hall–Kier alpha value is -4.07. The van der Waals surface area contributed by atoms with Gasteiger partial charge in [-0.15, -0.1) is 0 Å². The van der Waals surface area contributed by atoms with Crippen molar-refractivity contribution in [2.45, 2.75) is 6.92 Å². The molecule has 0 aliphatic rings. The van der Waals surface area contributed by atoms with Crippen molar-refractivity contribution >= 4 is 28.9 Å². The first-order chi connectivity index (χ1) is 15.5. The average molecular weight is 436 g/mol. The van der Waals surface area contributed by atoms with Gasteiger partial charge in [0, 0.05) is 0 Å². The highest BCUT2D eigenvalue weighted by molar-refractivity contribution is 6.02. The minimum atomic E-state index is -0.466. The molecule has 3 aromatic rings. The first kappa shape index (κ1) is 22.6. The molecule has 0 unspecified atom stereocenters. The number of nitrogens with zero attached hydrogens (tertiary/aromatic N) is 1. The van der Waals surface area contributed by atoms with Crippen molar-refractivity contribution in [2.75, 3.05) is 27.4 Å². The molecule has 0 aliphatic heterocycles. The summed E-state index contributed by atoms with van der Waals surface area (Å²) in [5.41, 5.74) is 3.55. The van der Waals surface area contributed by atoms with Crippen LogP contribution in [0.5, 0.6) is 17.2 Å². The Labute approximate surface area is 185 Å². The van der Waals surface area contributed by atoms with Crippen LogP contribution in [0.2, 0.25) is 0 Å². The van der Waals surface area contributed by atoms with E-state index in [0.717, 1.165) is 10.8 Å². The van der Waals surface area contributed by atoms with E-state index in [1.54, 1.807) is 31.2 Å². The molecule has 0 heterocycles. The Balaban J connectivity index is 1.69. The van der Waals surface area contributed by atoms with Gasteiger partial charge in [-0.1, -0.05) is 24.3 Å². The topological polar surface area (TPSA) is 95.5 Å². The van der Waals surface area contributed by atoms with Gasteiger partial charge in [-0.3, -0.25) is 4.79 Å². The molecule has 0 atom stereocenters. The molecule has 0 aromatic heterocycles. The number of nitrogens with one attached hydrogen (secondary N) is 1. The second-order valence-corrected chi connectivity index (χ2v) is 6.60. The second-order valence-electron chi connectivity index (χ2n) is 6.60. The van der Waals surface area contributed by atoms with Crippen LogP contribution in [0.1, 0.15) is 22.8 Å². The summed E-state index contributed by atoms with van der Waals surface area (Å²) in [4.78, 5) is 24.1. The molecule has 0 radical (unpaired) electrons. The zero-order valence-electron chi connectivity index (χ0n) is 18.1. The number of carbonyl (C=O) groups is 2. The Morgan fingerprint density at radius 3 is 2.34 bits per heavy atom. The van der Waals surface area contributed by atoms with Gasteiger partial charge in [0.25, 0.3) is 5.91 Å². The first-order valence-corrected chi connectivity index (χ1v) is 9.92. The average Bonchev–Trinajstić information content (AvgIpc) is 2.82. The zero-order valence-corrected chi connectivity index (χ0v) is 18.1. The van der Waals surface area contributed by atoms with E-state index >= 15 is 0 Å². The summed E-state index contributed by atoms with van der Waals surface area (Å²) in [5.74, 6) is 0.404. The van der Waals surface area contributed by atoms with E-state index in [1.807, 2.05) is 30.3 Å². The number of esters is 1. The smallest absolute Gasteiger partial charge is 0.344 e. The number of hydrogen-bond acceptors (Lipinski definition) is 7. The molecule has 166 valence electrons. The summed E-state index contributed by atoms with van der Waals surface area (Å²) in [6, 6.07) is 16.3. The van der Waals surface area contributed by atoms with Crippen molar-refractivity contribution in [2.24, 2.45) is 5.10 Å². The van der Waals surface area contributed by atoms with E-state index in [4.69, 9.17) is 18.9 Å². The van der Waals surface area contributed by atoms with Gasteiger partial charge in [-0.2, -0.15) is 5.10 Å². The predicted molar refractivity (Wildman–Crippen MR) is 121 cm³/mol. The zero-order chi connectivity index (χ0) is 22.9. The quantitative estimate of drug-likeness (QED) is 0.313. The van der Waals surface area contributed by atoms with Crippen molar-refractivity contribution in [3.05, 3.63) is 65.7 Å². The van der Waals surface area contributed by atoms with Gasteiger partial charge in [-0.25, -0.2) is 10.2 Å². The van der Waals surface area contributed by atoms with Crippen molar-refractivity contribution in [3.63, 3.8) is 0 Å². The van der Waals surface area contributed by atoms with Crippen molar-refractivity contribution in [1.29, 1.82) is 0 Å². The highest BCUT2D eigenvalue weighted by Gasteiger charge is 2.13. The second kappa shape index (κ2) is 10.8. The SMILES string of the molecule is CCOC(=O)COc1ccc(/C=N\NC(=O)c2cc3ccccc3cc2OC)cc1OC. The third kappa shape index (κ3) is 5.54. The van der Waals surface area contributed by atoms with Crippen LogP contribution >= 0.6 is 0 Å². The molecule has 1 N–H and O–H groups in total. The van der Waals surface area contributed by atoms with Gasteiger partial charge in [0.1, 0.15) is 5.75 Å². The summed E-state index contributed by atoms with van der Waals surface area (Å²) in [5, 5.41) is 5.92. The summed E-state index contributed by atoms with van der Waals surface area (Å²) in [6.45, 7) is 1.79. The maximum Gasteiger partial charge on any atom is 0.344 e. The van der Waals surface area contributed by atoms with E-state index in [1.165, 1.54) is 20.4 Å². The van der Waals surface area contributed by atoms with Gasteiger partial charge in [0.05, 0.1) is 32.6 Å². The molecule has 3 rings (SSSR count). The lowest BCUT2D eigenvalue weighted by atomic mass is 10.1. The number of hydrogen-bond donors (Lipinski definition) is 1. The van der Waals surface area contributed by atoms with Crippen LogP contribution in [0.4, 0.5) is 0 Å². The largest absolute Gasteiger partial charge is 0.496 e. The fraction of sp³-hybridized carbons (Fsp3) is 0.208. The fourth-order valence-electron chi connectivity index (χ4n) is 3.01. The molecular weight excluding hydrogens is 412 g/mol. The minimum Gasteiger partial charge on any atom is -0.496 e. The number of carbonyl (C=O) groups excluding carboxylic acids is 2. The van der Waals surface area contributed by atoms with Gasteiger partial charge in [0.2, 0.25) is 0 Å². The van der Waals surface area contributed by atoms with Crippen LogP contribution in [0, 0.1) is 0 Å². The maximum atomic E-state index is 12.6. The number of amides is 1. The van der Waals surface area contributed by atoms with E-state index in [2.05, 4.69) is 10.5 Å². The molecule has 0 fully saturated rings. The Bertz CT molecular complexity index is 1140. The summed E-state index contributed by atoms with van der Waals surface area (Å²) < 4.78 is 20.9. The molecule has 0 saturated heterocycles. The van der Waals surface area contributed by atoms with Crippen LogP contribution < -0.4 is 19.6 Å². The summed E-state index contributed by atoms with van der Waals surface area (Å²) in [6.07, 6.45) is 1.48. The van der Waals surface area contributed by atoms with E-state index in [-0.39, 0.29) is 13.2 Å². The lowest BCUT2D eigenvalue weighted by Crippen LogP contribution is -2.18. The fourth-order valence-corrected chi connectivity index (χ4v) is 3.01. The van der Waals surface area contributed by atoms with Gasteiger partial charge >= 0.3 is 5.97 Å². The van der Waals surface area contributed by atoms with E-state index in [0.29, 0.717) is 28.4 Å². The number of fused-ring (bicyclic) bond motifs is 1. The van der Waals surface area contributed by atoms with E-state index in [9.17, 15) is 9.59 Å². The lowest BCUT2D eigenvalue weighted by Gasteiger charge is -2.11. The standard InChI is InChI=1S/C24H24N2O6/c1-4-31-23(27)15-32-20-10-9-16(11-22(20)30-3)14-25-26-24(28)19-12-17-7-5-6-8-18(17)13-21(19)29-2/h5-14H,4,15H2,1-3H3,(H,26,28)/b25-14-. The molecule has 8 heteroatoms. The van der Waals surface area contributed by atoms with Crippen molar-refractivity contribution < 1.29 is 28.5 Å². The maximum absolute atomic E-state index is 12.6. The van der Waals surface area contributed by atoms with Crippen LogP contribution in [-0.2, 0) is 9.53 Å². The predicted octanol–water partition coefficient (Wildman–Crippen LogP) is 3.56. The monoisotopic (exact) mass is 436 g/mol. The van der Waals surface area contributed by atoms with Crippen LogP contribution in [-0.4, -0.2) is 45.5 Å². The van der Waals surface area contributed by atoms with Gasteiger partial charge in [0.15, 0.2) is 18.1 Å². The Morgan fingerprint density at radius 1 is 0.938 bits per heavy atom. The third-order valence-electron chi connectivity index (χ3n) is 4.53. The molecular formula is C24H24N2O6. The van der Waals surface area contributed by atoms with Crippen LogP contribution in [0.3, 0.4) is 0 Å². The molecule has 0 saturated carbocycles. The highest BCUT2D eigenvalue weighted by atomic mass is 16.6. The molecule has 1 amide bonds. The normalized spacial score (nSPS) is 10.7. The van der Waals surface area contributed by atoms with Crippen LogP contribution in [0.15, 0.2) is 59.7 Å². The first-order valence-electron chi connectivity index (χ1n) is 9.92. The van der Waals surface area contributed by atoms with Crippen molar-refractivity contribution in [3.8, 4) is 17.2 Å². The van der Waals surface area contributed by atoms with Gasteiger partial charge < -0.3 is 18.9 Å². The van der Waals surface area contributed by atoms with Crippen molar-refractivity contribution in [1.82, 2.24) is 5.43 Å². The Morgan fingerprint density at radius 2 is 1.66 bits per heavy atom. The van der Waals surface area contributed by atoms with Crippen LogP contribution in [0.25, 0.3) is 10.8 Å². The molecule has 0 bridgehead atoms. The number of rotatable bonds is 9. The summed E-state index contributed by atoms with van der Waals surface area (Å²) >= 11 is 0. The number of hydrazone groups is 1. The number of methoxy groups -OCH3 is 2. The molecule has 0 spiro atoms. The molecule has 3 aromatic carbocycles. The Kier molecular flexibility index (Phi) is 7.64. The molecule has 32 heavy (non-hydrogen) atoms. The minimum absolute atomic E-state index is 0.221. The molecule has 8 nitrogen and oxygen atoms in total. The lowest BCUT2D eigenvalue weighted by molar-refractivity contribution is -0.145.